The van der Waals surface area contributed by atoms with Gasteiger partial charge in [0.1, 0.15) is 5.75 Å². The molecule has 0 saturated carbocycles. The number of carboxylic acids is 1. The van der Waals surface area contributed by atoms with E-state index < -0.39 is 12.1 Å². The summed E-state index contributed by atoms with van der Waals surface area (Å²) in [6.07, 6.45) is -1.12. The van der Waals surface area contributed by atoms with Gasteiger partial charge in [-0.2, -0.15) is 0 Å². The molecule has 18 heavy (non-hydrogen) atoms. The molecule has 0 radical (unpaired) electrons. The molecular weight excluding hydrogens is 234 g/mol. The lowest BCUT2D eigenvalue weighted by Crippen LogP contribution is -2.30. The van der Waals surface area contributed by atoms with Gasteiger partial charge in [0.2, 0.25) is 0 Å². The third-order valence-corrected chi connectivity index (χ3v) is 2.69. The van der Waals surface area contributed by atoms with Crippen LogP contribution < -0.4 is 10.1 Å². The molecule has 0 aliphatic heterocycles. The van der Waals surface area contributed by atoms with Crippen molar-refractivity contribution in [3.63, 3.8) is 0 Å². The number of nitrogens with one attached hydrogen (secondary N) is 1. The molecule has 0 aromatic heterocycles. The summed E-state index contributed by atoms with van der Waals surface area (Å²) < 4.78 is 5.07. The van der Waals surface area contributed by atoms with Crippen LogP contribution in [0.1, 0.15) is 24.9 Å². The first-order valence-electron chi connectivity index (χ1n) is 5.80. The lowest BCUT2D eigenvalue weighted by molar-refractivity contribution is -0.139. The molecule has 0 spiro atoms. The summed E-state index contributed by atoms with van der Waals surface area (Å²) in [5, 5.41) is 21.0. The van der Waals surface area contributed by atoms with Crippen LogP contribution in [0.15, 0.2) is 24.3 Å². The van der Waals surface area contributed by atoms with Crippen molar-refractivity contribution in [2.45, 2.75) is 25.5 Å². The first-order valence-corrected chi connectivity index (χ1v) is 5.80. The maximum Gasteiger partial charge on any atom is 0.306 e. The van der Waals surface area contributed by atoms with Crippen molar-refractivity contribution >= 4 is 5.97 Å². The number of aliphatic hydroxyl groups excluding tert-OH is 1. The average molecular weight is 253 g/mol. The molecule has 0 heterocycles. The molecule has 0 saturated heterocycles. The van der Waals surface area contributed by atoms with Crippen molar-refractivity contribution in [2.24, 2.45) is 0 Å². The van der Waals surface area contributed by atoms with Crippen molar-refractivity contribution in [1.82, 2.24) is 5.32 Å². The largest absolute Gasteiger partial charge is 0.497 e. The van der Waals surface area contributed by atoms with Crippen LogP contribution in [0.3, 0.4) is 0 Å². The maximum atomic E-state index is 10.4. The summed E-state index contributed by atoms with van der Waals surface area (Å²) in [6.45, 7) is 2.20. The predicted octanol–water partition coefficient (Wildman–Crippen LogP) is 1.18. The van der Waals surface area contributed by atoms with Gasteiger partial charge in [0.25, 0.3) is 0 Å². The SMILES string of the molecule is COc1ccc(C(C)NCC(O)CC(=O)O)cc1. The Morgan fingerprint density at radius 1 is 1.39 bits per heavy atom. The zero-order valence-corrected chi connectivity index (χ0v) is 10.6. The van der Waals surface area contributed by atoms with E-state index in [1.807, 2.05) is 31.2 Å². The number of methoxy groups -OCH3 is 1. The van der Waals surface area contributed by atoms with E-state index in [0.29, 0.717) is 0 Å². The summed E-state index contributed by atoms with van der Waals surface area (Å²) in [6, 6.07) is 7.63. The molecule has 2 unspecified atom stereocenters. The van der Waals surface area contributed by atoms with Gasteiger partial charge in [-0.3, -0.25) is 4.79 Å². The van der Waals surface area contributed by atoms with Gasteiger partial charge in [0, 0.05) is 12.6 Å². The highest BCUT2D eigenvalue weighted by Gasteiger charge is 2.11. The number of hydrogen-bond acceptors (Lipinski definition) is 4. The van der Waals surface area contributed by atoms with Crippen molar-refractivity contribution in [3.8, 4) is 5.75 Å². The standard InChI is InChI=1S/C13H19NO4/c1-9(14-8-11(15)7-13(16)17)10-3-5-12(18-2)6-4-10/h3-6,9,11,14-15H,7-8H2,1-2H3,(H,16,17). The van der Waals surface area contributed by atoms with Crippen LogP contribution in [0.2, 0.25) is 0 Å². The Hall–Kier alpha value is -1.59. The lowest BCUT2D eigenvalue weighted by Gasteiger charge is -2.16. The number of rotatable bonds is 7. The third-order valence-electron chi connectivity index (χ3n) is 2.69. The van der Waals surface area contributed by atoms with Crippen LogP contribution in [-0.2, 0) is 4.79 Å². The van der Waals surface area contributed by atoms with E-state index in [0.717, 1.165) is 11.3 Å². The molecule has 5 nitrogen and oxygen atoms in total. The average Bonchev–Trinajstić information content (AvgIpc) is 2.35. The molecule has 0 fully saturated rings. The van der Waals surface area contributed by atoms with E-state index in [-0.39, 0.29) is 19.0 Å². The normalized spacial score (nSPS) is 13.9. The Morgan fingerprint density at radius 2 is 2.00 bits per heavy atom. The summed E-state index contributed by atoms with van der Waals surface area (Å²) in [5.74, 6) is -0.210. The number of aliphatic hydroxyl groups is 1. The highest BCUT2D eigenvalue weighted by molar-refractivity contribution is 5.67. The zero-order valence-electron chi connectivity index (χ0n) is 10.6. The Balaban J connectivity index is 2.44. The third kappa shape index (κ3) is 4.73. The minimum Gasteiger partial charge on any atom is -0.497 e. The number of ether oxygens (including phenoxy) is 1. The van der Waals surface area contributed by atoms with E-state index >= 15 is 0 Å². The second kappa shape index (κ2) is 6.98. The minimum absolute atomic E-state index is 0.0411. The van der Waals surface area contributed by atoms with Gasteiger partial charge in [0.05, 0.1) is 19.6 Å². The molecule has 1 aromatic rings. The maximum absolute atomic E-state index is 10.4. The van der Waals surface area contributed by atoms with Crippen molar-refractivity contribution in [2.75, 3.05) is 13.7 Å². The number of carbonyl (C=O) groups is 1. The molecule has 100 valence electrons. The molecule has 1 rings (SSSR count). The van der Waals surface area contributed by atoms with E-state index in [1.165, 1.54) is 0 Å². The predicted molar refractivity (Wildman–Crippen MR) is 67.7 cm³/mol. The lowest BCUT2D eigenvalue weighted by atomic mass is 10.1. The number of carboxylic acid groups (broad SMARTS) is 1. The number of hydrogen-bond donors (Lipinski definition) is 3. The first kappa shape index (κ1) is 14.5. The monoisotopic (exact) mass is 253 g/mol. The van der Waals surface area contributed by atoms with Gasteiger partial charge in [-0.1, -0.05) is 12.1 Å². The van der Waals surface area contributed by atoms with Crippen LogP contribution in [0.25, 0.3) is 0 Å². The van der Waals surface area contributed by atoms with Gasteiger partial charge in [0.15, 0.2) is 0 Å². The molecule has 0 amide bonds. The molecule has 2 atom stereocenters. The number of aliphatic carboxylic acids is 1. The zero-order chi connectivity index (χ0) is 13.5. The summed E-state index contributed by atoms with van der Waals surface area (Å²) in [4.78, 5) is 10.4. The van der Waals surface area contributed by atoms with Crippen LogP contribution in [0, 0.1) is 0 Å². The van der Waals surface area contributed by atoms with Crippen LogP contribution >= 0.6 is 0 Å². The Labute approximate surface area is 106 Å². The molecule has 3 N–H and O–H groups in total. The quantitative estimate of drug-likeness (QED) is 0.680. The second-order valence-electron chi connectivity index (χ2n) is 4.15. The van der Waals surface area contributed by atoms with Crippen LogP contribution in [0.5, 0.6) is 5.75 Å². The Morgan fingerprint density at radius 3 is 2.50 bits per heavy atom. The Kier molecular flexibility index (Phi) is 5.61. The second-order valence-corrected chi connectivity index (χ2v) is 4.15. The van der Waals surface area contributed by atoms with Crippen LogP contribution in [0.4, 0.5) is 0 Å². The van der Waals surface area contributed by atoms with Gasteiger partial charge in [-0.25, -0.2) is 0 Å². The molecule has 0 bridgehead atoms. The fourth-order valence-electron chi connectivity index (χ4n) is 1.60. The number of benzene rings is 1. The van der Waals surface area contributed by atoms with Crippen molar-refractivity contribution in [3.05, 3.63) is 29.8 Å². The van der Waals surface area contributed by atoms with Gasteiger partial charge < -0.3 is 20.3 Å². The van der Waals surface area contributed by atoms with E-state index in [1.54, 1.807) is 7.11 Å². The van der Waals surface area contributed by atoms with E-state index in [2.05, 4.69) is 5.32 Å². The van der Waals surface area contributed by atoms with Crippen molar-refractivity contribution < 1.29 is 19.7 Å². The Bertz CT molecular complexity index is 377. The molecule has 5 heteroatoms. The van der Waals surface area contributed by atoms with Crippen LogP contribution in [-0.4, -0.2) is 35.9 Å². The van der Waals surface area contributed by atoms with Crippen molar-refractivity contribution in [1.29, 1.82) is 0 Å². The summed E-state index contributed by atoms with van der Waals surface area (Å²) in [5.41, 5.74) is 1.05. The van der Waals surface area contributed by atoms with Gasteiger partial charge >= 0.3 is 5.97 Å². The fourth-order valence-corrected chi connectivity index (χ4v) is 1.60. The highest BCUT2D eigenvalue weighted by Crippen LogP contribution is 2.17. The molecule has 0 aliphatic rings. The topological polar surface area (TPSA) is 78.8 Å². The van der Waals surface area contributed by atoms with E-state index in [4.69, 9.17) is 9.84 Å². The molecule has 0 aliphatic carbocycles. The highest BCUT2D eigenvalue weighted by atomic mass is 16.5. The molecular formula is C13H19NO4. The minimum atomic E-state index is -0.999. The molecule has 1 aromatic carbocycles. The van der Waals surface area contributed by atoms with Gasteiger partial charge in [-0.15, -0.1) is 0 Å². The van der Waals surface area contributed by atoms with E-state index in [9.17, 15) is 9.90 Å². The first-order chi connectivity index (χ1) is 8.52. The summed E-state index contributed by atoms with van der Waals surface area (Å²) in [7, 11) is 1.61. The van der Waals surface area contributed by atoms with Gasteiger partial charge in [-0.05, 0) is 24.6 Å². The fraction of sp³-hybridized carbons (Fsp3) is 0.462. The smallest absolute Gasteiger partial charge is 0.306 e. The summed E-state index contributed by atoms with van der Waals surface area (Å²) >= 11 is 0.